The van der Waals surface area contributed by atoms with Gasteiger partial charge in [-0.2, -0.15) is 0 Å². The van der Waals surface area contributed by atoms with Crippen LogP contribution in [0.5, 0.6) is 0 Å². The number of benzene rings is 9. The Morgan fingerprint density at radius 1 is 0.444 bits per heavy atom. The molecule has 0 bridgehead atoms. The first-order valence-corrected chi connectivity index (χ1v) is 18.8. The van der Waals surface area contributed by atoms with Gasteiger partial charge in [-0.3, -0.25) is 4.57 Å². The fourth-order valence-electron chi connectivity index (χ4n) is 9.37. The lowest BCUT2D eigenvalue weighted by Crippen LogP contribution is -2.15. The molecule has 0 spiro atoms. The molecular weight excluding hydrogens is 653 g/mol. The number of aromatic nitrogens is 2. The minimum absolute atomic E-state index is 0.0882. The van der Waals surface area contributed by atoms with E-state index < -0.39 is 0 Å². The Bertz CT molecular complexity index is 3050. The Morgan fingerprint density at radius 3 is 1.72 bits per heavy atom. The first kappa shape index (κ1) is 30.8. The van der Waals surface area contributed by atoms with Crippen LogP contribution in [0.1, 0.15) is 25.0 Å². The van der Waals surface area contributed by atoms with Crippen molar-refractivity contribution >= 4 is 43.4 Å². The number of para-hydroxylation sites is 2. The number of hydrogen-bond donors (Lipinski definition) is 0. The molecule has 0 amide bonds. The van der Waals surface area contributed by atoms with Crippen LogP contribution < -0.4 is 0 Å². The third-order valence-corrected chi connectivity index (χ3v) is 11.8. The van der Waals surface area contributed by atoms with Gasteiger partial charge in [0, 0.05) is 16.7 Å². The molecule has 9 aromatic carbocycles. The van der Waals surface area contributed by atoms with Gasteiger partial charge in [0.2, 0.25) is 0 Å². The lowest BCUT2D eigenvalue weighted by atomic mass is 9.80. The van der Waals surface area contributed by atoms with Crippen molar-refractivity contribution in [2.24, 2.45) is 0 Å². The smallest absolute Gasteiger partial charge is 0.145 e. The maximum Gasteiger partial charge on any atom is 0.145 e. The third kappa shape index (κ3) is 4.44. The van der Waals surface area contributed by atoms with Crippen LogP contribution in [0.2, 0.25) is 0 Å². The highest BCUT2D eigenvalue weighted by atomic mass is 15.1. The zero-order valence-corrected chi connectivity index (χ0v) is 30.2. The molecule has 0 N–H and O–H groups in total. The minimum Gasteiger partial charge on any atom is -0.292 e. The second kappa shape index (κ2) is 11.6. The zero-order chi connectivity index (χ0) is 36.0. The normalized spacial score (nSPS) is 13.1. The van der Waals surface area contributed by atoms with E-state index in [1.807, 2.05) is 0 Å². The first-order chi connectivity index (χ1) is 26.6. The van der Waals surface area contributed by atoms with E-state index in [2.05, 4.69) is 200 Å². The lowest BCUT2D eigenvalue weighted by Gasteiger charge is -2.23. The Balaban J connectivity index is 1.10. The van der Waals surface area contributed by atoms with Gasteiger partial charge in [0.15, 0.2) is 0 Å². The molecule has 0 fully saturated rings. The highest BCUT2D eigenvalue weighted by molar-refractivity contribution is 6.21. The Kier molecular flexibility index (Phi) is 6.63. The molecule has 0 aliphatic heterocycles. The molecule has 2 nitrogen and oxygen atoms in total. The molecule has 54 heavy (non-hydrogen) atoms. The van der Waals surface area contributed by atoms with Crippen molar-refractivity contribution in [2.45, 2.75) is 19.3 Å². The van der Waals surface area contributed by atoms with E-state index in [0.29, 0.717) is 0 Å². The largest absolute Gasteiger partial charge is 0.292 e. The fraction of sp³-hybridized carbons (Fsp3) is 0.0577. The molecule has 0 radical (unpaired) electrons. The van der Waals surface area contributed by atoms with E-state index in [1.165, 1.54) is 76.8 Å². The first-order valence-electron chi connectivity index (χ1n) is 18.8. The van der Waals surface area contributed by atoms with Gasteiger partial charge >= 0.3 is 0 Å². The van der Waals surface area contributed by atoms with Crippen LogP contribution in [0.3, 0.4) is 0 Å². The van der Waals surface area contributed by atoms with E-state index in [4.69, 9.17) is 4.98 Å². The lowest BCUT2D eigenvalue weighted by molar-refractivity contribution is 0.666. The van der Waals surface area contributed by atoms with Crippen molar-refractivity contribution in [1.82, 2.24) is 9.55 Å². The Morgan fingerprint density at radius 2 is 1.02 bits per heavy atom. The van der Waals surface area contributed by atoms with Crippen LogP contribution >= 0.6 is 0 Å². The molecule has 10 aromatic rings. The highest BCUT2D eigenvalue weighted by Crippen LogP contribution is 2.53. The SMILES string of the molecule is CC1(C)c2ccc(-c3c4ccccc4c(-c4ccc(-n5c(-c6ccccc6)nc6ccccc65)cc4)c4ccccc34)cc2-c2ccc3ccccc3c21. The number of nitrogens with zero attached hydrogens (tertiary/aromatic N) is 2. The molecular formula is C52H36N2. The quantitative estimate of drug-likeness (QED) is 0.168. The third-order valence-electron chi connectivity index (χ3n) is 11.8. The molecule has 0 saturated carbocycles. The predicted molar refractivity (Wildman–Crippen MR) is 227 cm³/mol. The van der Waals surface area contributed by atoms with Gasteiger partial charge in [0.25, 0.3) is 0 Å². The van der Waals surface area contributed by atoms with E-state index in [-0.39, 0.29) is 5.41 Å². The molecule has 254 valence electrons. The van der Waals surface area contributed by atoms with E-state index in [9.17, 15) is 0 Å². The summed E-state index contributed by atoms with van der Waals surface area (Å²) in [4.78, 5) is 5.08. The Hall–Kier alpha value is -6.77. The van der Waals surface area contributed by atoms with Crippen molar-refractivity contribution in [3.8, 4) is 50.5 Å². The van der Waals surface area contributed by atoms with Gasteiger partial charge in [-0.25, -0.2) is 4.98 Å². The number of imidazole rings is 1. The highest BCUT2D eigenvalue weighted by Gasteiger charge is 2.37. The monoisotopic (exact) mass is 688 g/mol. The van der Waals surface area contributed by atoms with Crippen molar-refractivity contribution in [3.63, 3.8) is 0 Å². The van der Waals surface area contributed by atoms with Crippen molar-refractivity contribution < 1.29 is 0 Å². The molecule has 1 aliphatic carbocycles. The zero-order valence-electron chi connectivity index (χ0n) is 30.2. The summed E-state index contributed by atoms with van der Waals surface area (Å²) >= 11 is 0. The molecule has 1 aliphatic rings. The summed E-state index contributed by atoms with van der Waals surface area (Å²) in [5, 5.41) is 7.68. The van der Waals surface area contributed by atoms with Crippen LogP contribution in [0.4, 0.5) is 0 Å². The van der Waals surface area contributed by atoms with Gasteiger partial charge in [-0.15, -0.1) is 0 Å². The van der Waals surface area contributed by atoms with Crippen LogP contribution in [0, 0.1) is 0 Å². The maximum absolute atomic E-state index is 5.08. The molecule has 0 atom stereocenters. The van der Waals surface area contributed by atoms with E-state index in [0.717, 1.165) is 28.1 Å². The van der Waals surface area contributed by atoms with Gasteiger partial charge in [0.05, 0.1) is 11.0 Å². The second-order valence-corrected chi connectivity index (χ2v) is 15.1. The van der Waals surface area contributed by atoms with Crippen molar-refractivity contribution in [2.75, 3.05) is 0 Å². The second-order valence-electron chi connectivity index (χ2n) is 15.1. The van der Waals surface area contributed by atoms with Crippen LogP contribution in [-0.4, -0.2) is 9.55 Å². The van der Waals surface area contributed by atoms with E-state index in [1.54, 1.807) is 0 Å². The van der Waals surface area contributed by atoms with Crippen molar-refractivity contribution in [1.29, 1.82) is 0 Å². The number of hydrogen-bond acceptors (Lipinski definition) is 1. The van der Waals surface area contributed by atoms with Crippen LogP contribution in [-0.2, 0) is 5.41 Å². The average molecular weight is 689 g/mol. The molecule has 1 aromatic heterocycles. The molecule has 0 unspecified atom stereocenters. The van der Waals surface area contributed by atoms with Crippen molar-refractivity contribution in [3.05, 3.63) is 193 Å². The molecule has 11 rings (SSSR count). The van der Waals surface area contributed by atoms with E-state index >= 15 is 0 Å². The van der Waals surface area contributed by atoms with Gasteiger partial charge < -0.3 is 0 Å². The molecule has 2 heteroatoms. The van der Waals surface area contributed by atoms with Gasteiger partial charge in [-0.1, -0.05) is 166 Å². The predicted octanol–water partition coefficient (Wildman–Crippen LogP) is 13.8. The Labute approximate surface area is 314 Å². The molecule has 0 saturated heterocycles. The standard InChI is InChI=1S/C52H36N2/c1-52(2)45-31-27-36(32-44(45)43-30-26-33-14-6-7-17-38(33)50(43)52)49-41-20-10-8-18-39(41)48(40-19-9-11-21-42(40)49)34-24-28-37(29-25-34)54-47-23-13-12-22-46(47)53-51(54)35-15-4-3-5-16-35/h3-32H,1-2H3. The fourth-order valence-corrected chi connectivity index (χ4v) is 9.37. The summed E-state index contributed by atoms with van der Waals surface area (Å²) in [5.41, 5.74) is 14.7. The summed E-state index contributed by atoms with van der Waals surface area (Å²) in [7, 11) is 0. The summed E-state index contributed by atoms with van der Waals surface area (Å²) in [6.07, 6.45) is 0. The topological polar surface area (TPSA) is 17.8 Å². The number of fused-ring (bicyclic) bond motifs is 8. The number of rotatable bonds is 4. The summed E-state index contributed by atoms with van der Waals surface area (Å²) in [6.45, 7) is 4.76. The van der Waals surface area contributed by atoms with Gasteiger partial charge in [0.1, 0.15) is 5.82 Å². The summed E-state index contributed by atoms with van der Waals surface area (Å²) in [5.74, 6) is 0.943. The summed E-state index contributed by atoms with van der Waals surface area (Å²) in [6, 6.07) is 66.5. The summed E-state index contributed by atoms with van der Waals surface area (Å²) < 4.78 is 2.28. The maximum atomic E-state index is 5.08. The van der Waals surface area contributed by atoms with Crippen LogP contribution in [0.25, 0.3) is 93.8 Å². The average Bonchev–Trinajstić information content (AvgIpc) is 3.72. The van der Waals surface area contributed by atoms with Gasteiger partial charge in [-0.05, 0) is 107 Å². The van der Waals surface area contributed by atoms with Crippen LogP contribution in [0.15, 0.2) is 182 Å². The minimum atomic E-state index is -0.0882. The molecule has 1 heterocycles.